The van der Waals surface area contributed by atoms with Crippen LogP contribution < -0.4 is 33.7 Å². The van der Waals surface area contributed by atoms with Crippen LogP contribution in [0.15, 0.2) is 214 Å². The third-order valence-electron chi connectivity index (χ3n) is 25.6. The van der Waals surface area contributed by atoms with E-state index >= 15 is 0 Å². The number of carboxylic acids is 1. The monoisotopic (exact) mass is 1770 g/mol. The number of rotatable bonds is 12. The summed E-state index contributed by atoms with van der Waals surface area (Å²) in [7, 11) is 4.39. The van der Waals surface area contributed by atoms with Gasteiger partial charge >= 0.3 is 5.97 Å². The molecule has 116 heavy (non-hydrogen) atoms. The highest BCUT2D eigenvalue weighted by atomic mass is 79.9. The summed E-state index contributed by atoms with van der Waals surface area (Å²) >= 11 is 10.4. The first-order valence-electron chi connectivity index (χ1n) is 38.3. The van der Waals surface area contributed by atoms with E-state index in [1.54, 1.807) is 58.3 Å². The van der Waals surface area contributed by atoms with Crippen LogP contribution in [0.25, 0.3) is 0 Å². The van der Waals surface area contributed by atoms with Crippen LogP contribution >= 0.6 is 47.8 Å². The zero-order valence-electron chi connectivity index (χ0n) is 62.5. The maximum absolute atomic E-state index is 14.3. The molecule has 3 aliphatic carbocycles. The normalized spacial score (nSPS) is 33.9. The summed E-state index contributed by atoms with van der Waals surface area (Å²) in [4.78, 5) is 57.3. The lowest BCUT2D eigenvalue weighted by atomic mass is 9.70. The van der Waals surface area contributed by atoms with Gasteiger partial charge in [0.25, 0.3) is 0 Å². The van der Waals surface area contributed by atoms with Gasteiger partial charge in [0.05, 0.1) is 130 Å². The molecule has 604 valence electrons. The number of ether oxygens (including phenoxy) is 9. The zero-order chi connectivity index (χ0) is 79.8. The van der Waals surface area contributed by atoms with Crippen molar-refractivity contribution < 1.29 is 92.8 Å². The molecule has 0 spiro atoms. The van der Waals surface area contributed by atoms with Crippen molar-refractivity contribution in [3.8, 4) is 34.5 Å². The van der Waals surface area contributed by atoms with Crippen LogP contribution in [-0.2, 0) is 62.2 Å². The van der Waals surface area contributed by atoms with Crippen LogP contribution in [0.4, 0.5) is 0 Å². The smallest absolute Gasteiger partial charge is 0.310 e. The summed E-state index contributed by atoms with van der Waals surface area (Å²) in [5.74, 6) is -5.73. The highest BCUT2D eigenvalue weighted by Gasteiger charge is 2.82. The standard InChI is InChI=1S/2C29H27BrN2O6.C24H20BrNO6.C5H9NO.CH4/c2*1-36-21-12-31-13-22-25(21)28(35)26(33)23(27(34)32-14-19-11-20(15-32)37-19)24(16-5-3-2-4-6-16)29(28,38-22)17-7-9-18(30)10-8-17;1-31-16-11-26-12-17-20(16)23(30)21(27)18(22(28)29)19(13-5-3-2-4-6-13)24(23,32-17)14-7-9-15(25)10-8-14;1-4-2-6-3-5(1)7-4;/h2*2-10,12-13,19-20,23-24,26,33,35H,11,14-15H2,1H3;2-12,18-19,21,27,30H,1H3,(H,28,29);4-6H,1-3H2;1H4/t2*19?,20?,23-,24-,26-,28+,29+;18-,19-,21-,23+,24+;;/m111../s1. The molecular formula is C88H87Br3N6O19. The molecule has 3 aromatic heterocycles. The summed E-state index contributed by atoms with van der Waals surface area (Å²) < 4.78 is 56.0. The molecule has 21 atom stereocenters. The van der Waals surface area contributed by atoms with Crippen molar-refractivity contribution in [3.63, 3.8) is 0 Å². The lowest BCUT2D eigenvalue weighted by Crippen LogP contribution is -2.60. The van der Waals surface area contributed by atoms with Gasteiger partial charge in [-0.2, -0.15) is 0 Å². The van der Waals surface area contributed by atoms with Gasteiger partial charge in [0, 0.05) is 89.7 Å². The van der Waals surface area contributed by atoms with Crippen molar-refractivity contribution >= 4 is 65.6 Å². The first kappa shape index (κ1) is 79.5. The van der Waals surface area contributed by atoms with Crippen molar-refractivity contribution in [2.24, 2.45) is 17.8 Å². The number of carboxylic acid groups (broad SMARTS) is 1. The van der Waals surface area contributed by atoms with Crippen LogP contribution in [0, 0.1) is 17.8 Å². The Morgan fingerprint density at radius 3 is 0.931 bits per heavy atom. The van der Waals surface area contributed by atoms with Crippen LogP contribution in [0.3, 0.4) is 0 Å². The number of carbonyl (C=O) groups excluding carboxylic acids is 2. The summed E-state index contributed by atoms with van der Waals surface area (Å²) in [6.45, 7) is 4.03. The topological polar surface area (TPSA) is 333 Å². The number of aliphatic hydroxyl groups is 6. The van der Waals surface area contributed by atoms with E-state index in [1.807, 2.05) is 115 Å². The van der Waals surface area contributed by atoms with Crippen molar-refractivity contribution in [2.45, 2.75) is 133 Å². The number of fused-ring (bicyclic) bond motifs is 15. The Bertz CT molecular complexity index is 4930. The predicted octanol–water partition coefficient (Wildman–Crippen LogP) is 9.78. The van der Waals surface area contributed by atoms with E-state index < -0.39 is 93.4 Å². The van der Waals surface area contributed by atoms with E-state index in [9.17, 15) is 50.1 Å². The maximum Gasteiger partial charge on any atom is 0.310 e. The van der Waals surface area contributed by atoms with Crippen molar-refractivity contribution in [1.29, 1.82) is 0 Å². The molecule has 6 bridgehead atoms. The van der Waals surface area contributed by atoms with Crippen LogP contribution in [0.2, 0.25) is 0 Å². The third-order valence-corrected chi connectivity index (χ3v) is 27.2. The third kappa shape index (κ3) is 11.9. The second-order valence-electron chi connectivity index (χ2n) is 31.4. The van der Waals surface area contributed by atoms with Gasteiger partial charge in [-0.1, -0.05) is 183 Å². The number of pyridine rings is 3. The molecule has 24 rings (SSSR count). The van der Waals surface area contributed by atoms with E-state index in [1.165, 1.54) is 64.9 Å². The number of morpholine rings is 3. The lowest BCUT2D eigenvalue weighted by Gasteiger charge is -2.48. The van der Waals surface area contributed by atoms with Gasteiger partial charge in [0.2, 0.25) is 11.8 Å². The summed E-state index contributed by atoms with van der Waals surface area (Å²) in [5, 5.41) is 87.3. The van der Waals surface area contributed by atoms with Gasteiger partial charge < -0.3 is 93.5 Å². The predicted molar refractivity (Wildman–Crippen MR) is 430 cm³/mol. The Labute approximate surface area is 694 Å². The quantitative estimate of drug-likeness (QED) is 0.0564. The second-order valence-corrected chi connectivity index (χ2v) is 34.1. The van der Waals surface area contributed by atoms with E-state index in [-0.39, 0.29) is 72.2 Å². The van der Waals surface area contributed by atoms with E-state index in [0.29, 0.717) is 83.3 Å². The lowest BCUT2D eigenvalue weighted by molar-refractivity contribution is -0.193. The molecule has 6 aromatic carbocycles. The molecule has 15 aliphatic rings. The molecule has 28 heteroatoms. The fraction of sp³-hybridized carbons (Fsp3) is 0.386. The van der Waals surface area contributed by atoms with E-state index in [0.717, 1.165) is 50.5 Å². The van der Waals surface area contributed by atoms with Gasteiger partial charge in [-0.25, -0.2) is 0 Å². The van der Waals surface area contributed by atoms with Gasteiger partial charge in [0.15, 0.2) is 33.6 Å². The highest BCUT2D eigenvalue weighted by molar-refractivity contribution is 9.11. The Morgan fingerprint density at radius 2 is 0.681 bits per heavy atom. The second kappa shape index (κ2) is 30.4. The number of benzene rings is 6. The average molecular weight is 1770 g/mol. The minimum Gasteiger partial charge on any atom is -0.495 e. The molecule has 15 heterocycles. The van der Waals surface area contributed by atoms with Gasteiger partial charge in [-0.3, -0.25) is 29.3 Å². The van der Waals surface area contributed by atoms with Crippen LogP contribution in [0.1, 0.15) is 94.5 Å². The number of methoxy groups -OCH3 is 3. The molecule has 2 amide bonds. The summed E-state index contributed by atoms with van der Waals surface area (Å²) in [6.07, 6.45) is 8.56. The molecule has 12 fully saturated rings. The Hall–Kier alpha value is -8.98. The zero-order valence-corrected chi connectivity index (χ0v) is 67.2. The number of halogens is 3. The molecular weight excluding hydrogens is 1680 g/mol. The minimum absolute atomic E-state index is 0. The number of carbonyl (C=O) groups is 3. The molecule has 8 N–H and O–H groups in total. The first-order chi connectivity index (χ1) is 55.6. The minimum atomic E-state index is -2.12. The number of aliphatic hydroxyl groups excluding tert-OH is 3. The summed E-state index contributed by atoms with van der Waals surface area (Å²) in [6, 6.07) is 50.0. The number of aromatic nitrogens is 3. The molecule has 9 aromatic rings. The Kier molecular flexibility index (Phi) is 20.9. The van der Waals surface area contributed by atoms with Crippen molar-refractivity contribution in [2.75, 3.05) is 60.6 Å². The van der Waals surface area contributed by atoms with Crippen LogP contribution in [0.5, 0.6) is 34.5 Å². The molecule has 3 saturated carbocycles. The number of nitrogens with zero attached hydrogens (tertiary/aromatic N) is 5. The first-order valence-corrected chi connectivity index (χ1v) is 40.7. The van der Waals surface area contributed by atoms with Gasteiger partial charge in [0.1, 0.15) is 52.8 Å². The number of hydrogen-bond acceptors (Lipinski definition) is 22. The molecule has 12 aliphatic heterocycles. The number of piperidine rings is 3. The van der Waals surface area contributed by atoms with E-state index in [2.05, 4.69) is 68.1 Å². The number of hydrogen-bond donors (Lipinski definition) is 8. The molecule has 25 nitrogen and oxygen atoms in total. The maximum atomic E-state index is 14.3. The summed E-state index contributed by atoms with van der Waals surface area (Å²) in [5.41, 5.74) is -6.10. The largest absolute Gasteiger partial charge is 0.495 e. The van der Waals surface area contributed by atoms with Crippen molar-refractivity contribution in [1.82, 2.24) is 30.1 Å². The van der Waals surface area contributed by atoms with Gasteiger partial charge in [-0.05, 0) is 69.8 Å². The number of aliphatic carboxylic acids is 1. The number of amides is 2. The Balaban J connectivity index is 0.000000120. The number of nitrogens with one attached hydrogen (secondary N) is 1. The highest BCUT2D eigenvalue weighted by Crippen LogP contribution is 2.73. The Morgan fingerprint density at radius 1 is 0.414 bits per heavy atom. The van der Waals surface area contributed by atoms with Crippen LogP contribution in [-0.4, -0.2) is 194 Å². The average Bonchev–Trinajstić information content (AvgIpc) is 1.50. The fourth-order valence-corrected chi connectivity index (χ4v) is 21.6. The molecule has 6 unspecified atom stereocenters. The molecule has 9 saturated heterocycles. The van der Waals surface area contributed by atoms with E-state index in [4.69, 9.17) is 42.6 Å². The van der Waals surface area contributed by atoms with Gasteiger partial charge in [-0.15, -0.1) is 0 Å². The SMILES string of the molecule is C.C1NCC2CC1O2.COc1cncc2c1[C@]1(O)[C@H](O)[C@H](C(=O)N3CC4CC(C3)O4)[C@@H](c3ccccc3)[C@]1(c1ccc(Br)cc1)O2.COc1cncc2c1[C@]1(O)[C@H](O)[C@H](C(=O)N3CC4CC(C3)O4)[C@@H](c3ccccc3)[C@]1(c1ccc(Br)cc1)O2.COc1cncc2c1[C@]1(O)[C@H](O)[C@H](C(=O)O)[C@@H](c3ccccc3)[C@]1(c1ccc(Br)cc1)O2. The molecule has 0 radical (unpaired) electrons. The fourth-order valence-electron chi connectivity index (χ4n) is 20.8. The van der Waals surface area contributed by atoms with Crippen molar-refractivity contribution in [3.05, 3.63) is 264 Å².